The molecule has 0 amide bonds. The van der Waals surface area contributed by atoms with E-state index in [0.717, 1.165) is 6.92 Å². The van der Waals surface area contributed by atoms with E-state index in [1.807, 2.05) is 0 Å². The highest BCUT2D eigenvalue weighted by atomic mass is 16.8. The number of esters is 2. The smallest absolute Gasteiger partial charge is 0.370 e. The molecule has 0 aliphatic rings. The van der Waals surface area contributed by atoms with E-state index in [1.165, 1.54) is 31.2 Å². The Morgan fingerprint density at radius 3 is 2.14 bits per heavy atom. The van der Waals surface area contributed by atoms with Crippen LogP contribution in [0.3, 0.4) is 0 Å². The van der Waals surface area contributed by atoms with Crippen molar-refractivity contribution in [2.24, 2.45) is 0 Å². The summed E-state index contributed by atoms with van der Waals surface area (Å²) in [6.45, 7) is 5.58. The summed E-state index contributed by atoms with van der Waals surface area (Å²) < 4.78 is 9.12. The quantitative estimate of drug-likeness (QED) is 0.478. The first-order chi connectivity index (χ1) is 9.64. The molecule has 0 bridgehead atoms. The van der Waals surface area contributed by atoms with Crippen LogP contribution in [0.15, 0.2) is 36.4 Å². The van der Waals surface area contributed by atoms with Gasteiger partial charge in [-0.3, -0.25) is 0 Å². The predicted molar refractivity (Wildman–Crippen MR) is 70.3 cm³/mol. The lowest BCUT2D eigenvalue weighted by atomic mass is 10.1. The molecule has 0 heterocycles. The average molecular weight is 294 g/mol. The molecule has 2 N–H and O–H groups in total. The number of ether oxygens (including phenoxy) is 2. The fourth-order valence-corrected chi connectivity index (χ4v) is 1.35. The van der Waals surface area contributed by atoms with Gasteiger partial charge in [-0.25, -0.2) is 14.4 Å². The molecule has 0 aliphatic carbocycles. The third-order valence-electron chi connectivity index (χ3n) is 2.29. The highest BCUT2D eigenvalue weighted by Crippen LogP contribution is 2.17. The van der Waals surface area contributed by atoms with Crippen LogP contribution in [0, 0.1) is 0 Å². The molecular weight excluding hydrogens is 280 g/mol. The fraction of sp³-hybridized carbons (Fsp3) is 0.214. The zero-order valence-electron chi connectivity index (χ0n) is 11.5. The minimum Gasteiger partial charge on any atom is -0.478 e. The van der Waals surface area contributed by atoms with E-state index in [9.17, 15) is 19.5 Å². The third-order valence-corrected chi connectivity index (χ3v) is 2.29. The van der Waals surface area contributed by atoms with Crippen LogP contribution in [0.5, 0.6) is 0 Å². The molecule has 1 atom stereocenters. The Labute approximate surface area is 120 Å². The monoisotopic (exact) mass is 294 g/mol. The molecule has 0 radical (unpaired) electrons. The third kappa shape index (κ3) is 4.43. The normalized spacial score (nSPS) is 12.9. The van der Waals surface area contributed by atoms with E-state index >= 15 is 0 Å². The van der Waals surface area contributed by atoms with E-state index in [2.05, 4.69) is 16.1 Å². The Bertz CT molecular complexity index is 601. The van der Waals surface area contributed by atoms with Gasteiger partial charge >= 0.3 is 23.9 Å². The van der Waals surface area contributed by atoms with Crippen molar-refractivity contribution < 1.29 is 34.1 Å². The van der Waals surface area contributed by atoms with E-state index in [0.29, 0.717) is 0 Å². The SMILES string of the molecule is C=C(C)C(=O)OC(C)(O)OC(=O)c1ccccc1C(=O)O. The van der Waals surface area contributed by atoms with Crippen molar-refractivity contribution in [1.82, 2.24) is 0 Å². The lowest BCUT2D eigenvalue weighted by molar-refractivity contribution is -0.301. The zero-order chi connectivity index (χ0) is 16.2. The lowest BCUT2D eigenvalue weighted by Gasteiger charge is -2.23. The van der Waals surface area contributed by atoms with Gasteiger partial charge in [-0.2, -0.15) is 0 Å². The number of benzene rings is 1. The van der Waals surface area contributed by atoms with Crippen LogP contribution in [0.1, 0.15) is 34.6 Å². The molecule has 1 aromatic rings. The number of carboxylic acid groups (broad SMARTS) is 1. The Balaban J connectivity index is 2.93. The lowest BCUT2D eigenvalue weighted by Crippen LogP contribution is -2.37. The Hall–Kier alpha value is -2.67. The molecule has 0 fully saturated rings. The predicted octanol–water partition coefficient (Wildman–Crippen LogP) is 1.33. The van der Waals surface area contributed by atoms with Gasteiger partial charge in [-0.05, 0) is 19.1 Å². The van der Waals surface area contributed by atoms with Gasteiger partial charge in [0.15, 0.2) is 0 Å². The molecule has 21 heavy (non-hydrogen) atoms. The Kier molecular flexibility index (Phi) is 4.83. The average Bonchev–Trinajstić information content (AvgIpc) is 2.37. The maximum atomic E-state index is 11.9. The molecule has 112 valence electrons. The summed E-state index contributed by atoms with van der Waals surface area (Å²) in [6, 6.07) is 5.27. The molecule has 0 aromatic heterocycles. The molecule has 0 spiro atoms. The number of carbonyl (C=O) groups excluding carboxylic acids is 2. The Morgan fingerprint density at radius 2 is 1.67 bits per heavy atom. The van der Waals surface area contributed by atoms with Gasteiger partial charge in [0.25, 0.3) is 0 Å². The molecule has 0 saturated carbocycles. The number of aromatic carboxylic acids is 1. The van der Waals surface area contributed by atoms with Crippen molar-refractivity contribution in [1.29, 1.82) is 0 Å². The zero-order valence-corrected chi connectivity index (χ0v) is 11.5. The number of hydrogen-bond donors (Lipinski definition) is 2. The van der Waals surface area contributed by atoms with Gasteiger partial charge in [0.05, 0.1) is 11.1 Å². The first kappa shape index (κ1) is 16.4. The summed E-state index contributed by atoms with van der Waals surface area (Å²) in [7, 11) is 0. The first-order valence-electron chi connectivity index (χ1n) is 5.81. The molecule has 0 aliphatic heterocycles. The summed E-state index contributed by atoms with van der Waals surface area (Å²) in [4.78, 5) is 34.2. The largest absolute Gasteiger partial charge is 0.478 e. The summed E-state index contributed by atoms with van der Waals surface area (Å²) in [5.41, 5.74) is -0.585. The van der Waals surface area contributed by atoms with E-state index in [4.69, 9.17) is 5.11 Å². The van der Waals surface area contributed by atoms with Gasteiger partial charge < -0.3 is 19.7 Å². The molecule has 7 heteroatoms. The summed E-state index contributed by atoms with van der Waals surface area (Å²) in [5, 5.41) is 18.7. The van der Waals surface area contributed by atoms with Crippen molar-refractivity contribution in [3.05, 3.63) is 47.5 Å². The number of hydrogen-bond acceptors (Lipinski definition) is 6. The number of aliphatic hydroxyl groups is 1. The second-order valence-corrected chi connectivity index (χ2v) is 4.31. The molecule has 0 saturated heterocycles. The van der Waals surface area contributed by atoms with Crippen molar-refractivity contribution in [2.75, 3.05) is 0 Å². The summed E-state index contributed by atoms with van der Waals surface area (Å²) in [6.07, 6.45) is 0. The number of rotatable bonds is 5. The van der Waals surface area contributed by atoms with Crippen LogP contribution in [0.2, 0.25) is 0 Å². The van der Waals surface area contributed by atoms with Crippen molar-refractivity contribution >= 4 is 17.9 Å². The maximum Gasteiger partial charge on any atom is 0.370 e. The van der Waals surface area contributed by atoms with Gasteiger partial charge in [0.1, 0.15) is 0 Å². The standard InChI is InChI=1S/C14H14O7/c1-8(2)12(17)20-14(3,19)21-13(18)10-7-5-4-6-9(10)11(15)16/h4-7,19H,1H2,2-3H3,(H,15,16). The van der Waals surface area contributed by atoms with Gasteiger partial charge in [0, 0.05) is 12.5 Å². The summed E-state index contributed by atoms with van der Waals surface area (Å²) in [5.74, 6) is -5.98. The van der Waals surface area contributed by atoms with Crippen molar-refractivity contribution in [2.45, 2.75) is 19.8 Å². The van der Waals surface area contributed by atoms with E-state index in [-0.39, 0.29) is 16.7 Å². The van der Waals surface area contributed by atoms with Crippen LogP contribution in [0.25, 0.3) is 0 Å². The van der Waals surface area contributed by atoms with E-state index in [1.54, 1.807) is 0 Å². The molecule has 7 nitrogen and oxygen atoms in total. The second kappa shape index (κ2) is 6.19. The van der Waals surface area contributed by atoms with Crippen LogP contribution < -0.4 is 0 Å². The molecule has 1 unspecified atom stereocenters. The first-order valence-corrected chi connectivity index (χ1v) is 5.81. The van der Waals surface area contributed by atoms with Crippen LogP contribution in [0.4, 0.5) is 0 Å². The van der Waals surface area contributed by atoms with Gasteiger partial charge in [0.2, 0.25) is 0 Å². The number of carbonyl (C=O) groups is 3. The highest BCUT2D eigenvalue weighted by Gasteiger charge is 2.32. The fourth-order valence-electron chi connectivity index (χ4n) is 1.35. The van der Waals surface area contributed by atoms with Crippen LogP contribution in [-0.2, 0) is 14.3 Å². The molecule has 1 aromatic carbocycles. The van der Waals surface area contributed by atoms with Gasteiger partial charge in [-0.15, -0.1) is 0 Å². The minimum atomic E-state index is -2.54. The number of carboxylic acids is 1. The highest BCUT2D eigenvalue weighted by molar-refractivity contribution is 6.02. The van der Waals surface area contributed by atoms with Crippen LogP contribution in [-0.4, -0.2) is 34.1 Å². The molecule has 1 rings (SSSR count). The van der Waals surface area contributed by atoms with Crippen molar-refractivity contribution in [3.63, 3.8) is 0 Å². The van der Waals surface area contributed by atoms with Gasteiger partial charge in [-0.1, -0.05) is 18.7 Å². The maximum absolute atomic E-state index is 11.9. The summed E-state index contributed by atoms with van der Waals surface area (Å²) >= 11 is 0. The Morgan fingerprint density at radius 1 is 1.14 bits per heavy atom. The second-order valence-electron chi connectivity index (χ2n) is 4.31. The van der Waals surface area contributed by atoms with Crippen LogP contribution >= 0.6 is 0 Å². The minimum absolute atomic E-state index is 0.00254. The van der Waals surface area contributed by atoms with E-state index < -0.39 is 23.9 Å². The van der Waals surface area contributed by atoms with Crippen molar-refractivity contribution in [3.8, 4) is 0 Å². The molecular formula is C14H14O7. The topological polar surface area (TPSA) is 110 Å².